The number of carbonyl (C=O) groups excluding carboxylic acids is 1. The van der Waals surface area contributed by atoms with Gasteiger partial charge in [-0.1, -0.05) is 18.2 Å². The smallest absolute Gasteiger partial charge is 0.308 e. The lowest BCUT2D eigenvalue weighted by atomic mass is 10.3. The maximum absolute atomic E-state index is 11.8. The van der Waals surface area contributed by atoms with Crippen molar-refractivity contribution < 1.29 is 4.79 Å². The number of carbonyl (C=O) groups is 1. The Morgan fingerprint density at radius 1 is 1.26 bits per heavy atom. The second kappa shape index (κ2) is 5.30. The zero-order chi connectivity index (χ0) is 13.8. The molecule has 0 spiro atoms. The number of nitrogens with one attached hydrogen (secondary N) is 2. The molecule has 0 bridgehead atoms. The topological polar surface area (TPSA) is 88.4 Å². The number of para-hydroxylation sites is 1. The standard InChI is InChI=1S/C12H13N5O2/c1-8-10(16-19)11(17(2)15-8)14-12(18)13-9-6-4-3-5-7-9/h3-7H,1-2H3,(H2,13,14,18). The third-order valence-corrected chi connectivity index (χ3v) is 2.55. The van der Waals surface area contributed by atoms with Crippen LogP contribution >= 0.6 is 0 Å². The summed E-state index contributed by atoms with van der Waals surface area (Å²) < 4.78 is 1.40. The molecule has 1 heterocycles. The molecular weight excluding hydrogens is 246 g/mol. The molecule has 7 heteroatoms. The minimum absolute atomic E-state index is 0.130. The highest BCUT2D eigenvalue weighted by atomic mass is 16.3. The fourth-order valence-electron chi connectivity index (χ4n) is 1.69. The van der Waals surface area contributed by atoms with Crippen molar-refractivity contribution in [2.24, 2.45) is 12.2 Å². The van der Waals surface area contributed by atoms with E-state index in [-0.39, 0.29) is 11.5 Å². The molecule has 7 nitrogen and oxygen atoms in total. The van der Waals surface area contributed by atoms with E-state index in [4.69, 9.17) is 0 Å². The molecule has 0 aliphatic rings. The molecule has 98 valence electrons. The molecular formula is C12H13N5O2. The van der Waals surface area contributed by atoms with Gasteiger partial charge < -0.3 is 5.32 Å². The molecule has 2 amide bonds. The van der Waals surface area contributed by atoms with Gasteiger partial charge in [0.2, 0.25) is 0 Å². The summed E-state index contributed by atoms with van der Waals surface area (Å²) in [6.45, 7) is 1.65. The first kappa shape index (κ1) is 12.7. The fourth-order valence-corrected chi connectivity index (χ4v) is 1.69. The van der Waals surface area contributed by atoms with E-state index in [1.165, 1.54) is 4.68 Å². The predicted octanol–water partition coefficient (Wildman–Crippen LogP) is 2.77. The summed E-state index contributed by atoms with van der Waals surface area (Å²) in [7, 11) is 1.62. The van der Waals surface area contributed by atoms with Crippen molar-refractivity contribution in [3.8, 4) is 0 Å². The van der Waals surface area contributed by atoms with Gasteiger partial charge in [-0.2, -0.15) is 5.10 Å². The highest BCUT2D eigenvalue weighted by Gasteiger charge is 2.16. The van der Waals surface area contributed by atoms with Crippen molar-refractivity contribution in [3.63, 3.8) is 0 Å². The SMILES string of the molecule is Cc1nn(C)c(NC(=O)Nc2ccccc2)c1N=O. The number of hydrogen-bond acceptors (Lipinski definition) is 4. The summed E-state index contributed by atoms with van der Waals surface area (Å²) in [5.41, 5.74) is 1.25. The number of benzene rings is 1. The van der Waals surface area contributed by atoms with Gasteiger partial charge in [-0.05, 0) is 24.2 Å². The molecule has 0 aliphatic carbocycles. The van der Waals surface area contributed by atoms with Crippen molar-refractivity contribution in [2.75, 3.05) is 10.6 Å². The number of rotatable bonds is 3. The van der Waals surface area contributed by atoms with Gasteiger partial charge in [0.15, 0.2) is 11.5 Å². The van der Waals surface area contributed by atoms with E-state index in [0.29, 0.717) is 11.4 Å². The average molecular weight is 259 g/mol. The first-order valence-electron chi connectivity index (χ1n) is 5.62. The lowest BCUT2D eigenvalue weighted by Gasteiger charge is -2.07. The normalized spacial score (nSPS) is 10.0. The Morgan fingerprint density at radius 3 is 2.58 bits per heavy atom. The summed E-state index contributed by atoms with van der Waals surface area (Å²) in [6, 6.07) is 8.52. The number of nitroso groups, excluding NO2 is 1. The van der Waals surface area contributed by atoms with Crippen LogP contribution in [0.2, 0.25) is 0 Å². The minimum atomic E-state index is -0.459. The Labute approximate surface area is 109 Å². The van der Waals surface area contributed by atoms with Crippen LogP contribution in [0.15, 0.2) is 35.5 Å². The average Bonchev–Trinajstić information content (AvgIpc) is 2.65. The molecule has 0 fully saturated rings. The van der Waals surface area contributed by atoms with Gasteiger partial charge in [-0.25, -0.2) is 4.79 Å². The first-order chi connectivity index (χ1) is 9.11. The predicted molar refractivity (Wildman–Crippen MR) is 72.5 cm³/mol. The third-order valence-electron chi connectivity index (χ3n) is 2.55. The largest absolute Gasteiger partial charge is 0.324 e. The lowest BCUT2D eigenvalue weighted by Crippen LogP contribution is -2.21. The summed E-state index contributed by atoms with van der Waals surface area (Å²) >= 11 is 0. The molecule has 0 radical (unpaired) electrons. The summed E-state index contributed by atoms with van der Waals surface area (Å²) in [5.74, 6) is 0.265. The van der Waals surface area contributed by atoms with Crippen molar-refractivity contribution >= 4 is 23.2 Å². The van der Waals surface area contributed by atoms with Gasteiger partial charge in [0.05, 0.1) is 5.69 Å². The van der Waals surface area contributed by atoms with Crippen LogP contribution in [0.25, 0.3) is 0 Å². The van der Waals surface area contributed by atoms with E-state index >= 15 is 0 Å². The highest BCUT2D eigenvalue weighted by Crippen LogP contribution is 2.27. The third kappa shape index (κ3) is 2.76. The van der Waals surface area contributed by atoms with Crippen molar-refractivity contribution in [1.82, 2.24) is 9.78 Å². The van der Waals surface area contributed by atoms with Crippen molar-refractivity contribution in [2.45, 2.75) is 6.92 Å². The zero-order valence-electron chi connectivity index (χ0n) is 10.5. The molecule has 0 aliphatic heterocycles. The molecule has 2 N–H and O–H groups in total. The number of amides is 2. The van der Waals surface area contributed by atoms with Crippen LogP contribution < -0.4 is 10.6 Å². The molecule has 2 aromatic rings. The maximum atomic E-state index is 11.8. The minimum Gasteiger partial charge on any atom is -0.308 e. The van der Waals surface area contributed by atoms with Crippen LogP contribution in [0, 0.1) is 11.8 Å². The van der Waals surface area contributed by atoms with Gasteiger partial charge in [-0.15, -0.1) is 4.91 Å². The summed E-state index contributed by atoms with van der Waals surface area (Å²) in [6.07, 6.45) is 0. The van der Waals surface area contributed by atoms with Crippen LogP contribution in [0.5, 0.6) is 0 Å². The molecule has 19 heavy (non-hydrogen) atoms. The van der Waals surface area contributed by atoms with Crippen LogP contribution in [0.3, 0.4) is 0 Å². The molecule has 1 aromatic carbocycles. The van der Waals surface area contributed by atoms with Crippen LogP contribution in [-0.4, -0.2) is 15.8 Å². The van der Waals surface area contributed by atoms with Crippen molar-refractivity contribution in [3.05, 3.63) is 40.9 Å². The van der Waals surface area contributed by atoms with E-state index < -0.39 is 6.03 Å². The number of nitrogens with zero attached hydrogens (tertiary/aromatic N) is 3. The number of urea groups is 1. The van der Waals surface area contributed by atoms with Gasteiger partial charge in [0, 0.05) is 12.7 Å². The molecule has 0 saturated heterocycles. The van der Waals surface area contributed by atoms with E-state index in [1.807, 2.05) is 18.2 Å². The second-order valence-corrected chi connectivity index (χ2v) is 3.94. The molecule has 1 aromatic heterocycles. The Bertz CT molecular complexity index is 606. The van der Waals surface area contributed by atoms with Crippen LogP contribution in [-0.2, 0) is 7.05 Å². The Morgan fingerprint density at radius 2 is 1.95 bits per heavy atom. The van der Waals surface area contributed by atoms with Gasteiger partial charge in [0.25, 0.3) is 0 Å². The van der Waals surface area contributed by atoms with E-state index in [1.54, 1.807) is 26.1 Å². The van der Waals surface area contributed by atoms with Crippen molar-refractivity contribution in [1.29, 1.82) is 0 Å². The van der Waals surface area contributed by atoms with Gasteiger partial charge in [0.1, 0.15) is 0 Å². The van der Waals surface area contributed by atoms with E-state index in [2.05, 4.69) is 20.9 Å². The second-order valence-electron chi connectivity index (χ2n) is 3.94. The Balaban J connectivity index is 2.13. The highest BCUT2D eigenvalue weighted by molar-refractivity contribution is 6.00. The number of aromatic nitrogens is 2. The molecule has 0 saturated carbocycles. The quantitative estimate of drug-likeness (QED) is 0.830. The number of hydrogen-bond donors (Lipinski definition) is 2. The monoisotopic (exact) mass is 259 g/mol. The molecule has 0 atom stereocenters. The van der Waals surface area contributed by atoms with Gasteiger partial charge >= 0.3 is 6.03 Å². The number of aryl methyl sites for hydroxylation is 2. The van der Waals surface area contributed by atoms with E-state index in [9.17, 15) is 9.70 Å². The zero-order valence-corrected chi connectivity index (χ0v) is 10.5. The maximum Gasteiger partial charge on any atom is 0.324 e. The fraction of sp³-hybridized carbons (Fsp3) is 0.167. The van der Waals surface area contributed by atoms with Crippen LogP contribution in [0.4, 0.5) is 22.0 Å². The number of anilines is 2. The molecule has 2 rings (SSSR count). The summed E-state index contributed by atoms with van der Waals surface area (Å²) in [4.78, 5) is 22.5. The first-order valence-corrected chi connectivity index (χ1v) is 5.62. The van der Waals surface area contributed by atoms with Gasteiger partial charge in [-0.3, -0.25) is 10.00 Å². The Kier molecular flexibility index (Phi) is 3.56. The van der Waals surface area contributed by atoms with E-state index in [0.717, 1.165) is 0 Å². The summed E-state index contributed by atoms with van der Waals surface area (Å²) in [5, 5.41) is 12.1. The lowest BCUT2D eigenvalue weighted by molar-refractivity contribution is 0.262. The van der Waals surface area contributed by atoms with Crippen LogP contribution in [0.1, 0.15) is 5.69 Å². The Hall–Kier alpha value is -2.70. The molecule has 0 unspecified atom stereocenters.